The van der Waals surface area contributed by atoms with Crippen LogP contribution in [0.15, 0.2) is 29.3 Å². The van der Waals surface area contributed by atoms with Crippen LogP contribution in [0, 0.1) is 12.8 Å². The third-order valence-corrected chi connectivity index (χ3v) is 4.52. The Morgan fingerprint density at radius 2 is 1.93 bits per heavy atom. The Morgan fingerprint density at radius 1 is 1.30 bits per heavy atom. The van der Waals surface area contributed by atoms with Gasteiger partial charge in [-0.25, -0.2) is 4.99 Å². The molecule has 1 unspecified atom stereocenters. The normalized spacial score (nSPS) is 16.3. The van der Waals surface area contributed by atoms with Crippen molar-refractivity contribution in [1.82, 2.24) is 10.2 Å². The van der Waals surface area contributed by atoms with Crippen LogP contribution in [-0.2, 0) is 9.53 Å². The molecule has 1 N–H and O–H groups in total. The number of nitrogens with one attached hydrogen (secondary N) is 1. The minimum absolute atomic E-state index is 0. The molecule has 2 rings (SSSR count). The van der Waals surface area contributed by atoms with E-state index in [2.05, 4.69) is 24.1 Å². The standard InChI is InChI=1S/C20H31N3O3.HI/c1-5-21-20(23-12-10-17(11-13-23)19(24)25-4)22-14-16(3)26-18-8-6-15(2)7-9-18;/h6-9,16-17H,5,10-14H2,1-4H3,(H,21,22);1H. The summed E-state index contributed by atoms with van der Waals surface area (Å²) in [5.41, 5.74) is 1.22. The highest BCUT2D eigenvalue weighted by molar-refractivity contribution is 14.0. The fourth-order valence-corrected chi connectivity index (χ4v) is 3.02. The van der Waals surface area contributed by atoms with Crippen molar-refractivity contribution in [3.8, 4) is 5.75 Å². The second kappa shape index (κ2) is 12.0. The van der Waals surface area contributed by atoms with Crippen LogP contribution in [0.2, 0.25) is 0 Å². The molecule has 0 amide bonds. The van der Waals surface area contributed by atoms with Crippen molar-refractivity contribution in [3.63, 3.8) is 0 Å². The molecule has 0 aromatic heterocycles. The third kappa shape index (κ3) is 7.56. The van der Waals surface area contributed by atoms with Crippen molar-refractivity contribution < 1.29 is 14.3 Å². The van der Waals surface area contributed by atoms with Gasteiger partial charge in [0, 0.05) is 19.6 Å². The number of carbonyl (C=O) groups excluding carboxylic acids is 1. The minimum atomic E-state index is -0.105. The lowest BCUT2D eigenvalue weighted by Crippen LogP contribution is -2.47. The van der Waals surface area contributed by atoms with E-state index in [0.29, 0.717) is 6.54 Å². The molecule has 6 nitrogen and oxygen atoms in total. The van der Waals surface area contributed by atoms with E-state index in [0.717, 1.165) is 44.2 Å². The second-order valence-corrected chi connectivity index (χ2v) is 6.72. The molecule has 0 aliphatic carbocycles. The number of guanidine groups is 1. The Kier molecular flexibility index (Phi) is 10.5. The highest BCUT2D eigenvalue weighted by Gasteiger charge is 2.27. The second-order valence-electron chi connectivity index (χ2n) is 6.72. The number of rotatable bonds is 6. The Labute approximate surface area is 179 Å². The maximum atomic E-state index is 11.7. The van der Waals surface area contributed by atoms with E-state index in [4.69, 9.17) is 14.5 Å². The van der Waals surface area contributed by atoms with Crippen molar-refractivity contribution in [2.45, 2.75) is 39.7 Å². The topological polar surface area (TPSA) is 63.2 Å². The van der Waals surface area contributed by atoms with Gasteiger partial charge in [0.15, 0.2) is 5.96 Å². The SMILES string of the molecule is CCNC(=NCC(C)Oc1ccc(C)cc1)N1CCC(C(=O)OC)CC1.I. The Hall–Kier alpha value is -1.51. The summed E-state index contributed by atoms with van der Waals surface area (Å²) in [6.45, 7) is 9.14. The molecule has 1 heterocycles. The number of hydrogen-bond donors (Lipinski definition) is 1. The fourth-order valence-electron chi connectivity index (χ4n) is 3.02. The summed E-state index contributed by atoms with van der Waals surface area (Å²) in [6, 6.07) is 8.05. The monoisotopic (exact) mass is 489 g/mol. The molecular formula is C20H32IN3O3. The van der Waals surface area contributed by atoms with Gasteiger partial charge in [0.2, 0.25) is 0 Å². The van der Waals surface area contributed by atoms with Crippen molar-refractivity contribution in [1.29, 1.82) is 0 Å². The van der Waals surface area contributed by atoms with Crippen molar-refractivity contribution in [2.75, 3.05) is 33.3 Å². The van der Waals surface area contributed by atoms with E-state index in [-0.39, 0.29) is 42.0 Å². The van der Waals surface area contributed by atoms with E-state index in [1.807, 2.05) is 31.2 Å². The predicted molar refractivity (Wildman–Crippen MR) is 119 cm³/mol. The lowest BCUT2D eigenvalue weighted by Gasteiger charge is -2.33. The third-order valence-electron chi connectivity index (χ3n) is 4.52. The highest BCUT2D eigenvalue weighted by Crippen LogP contribution is 2.18. The number of piperidine rings is 1. The first-order valence-electron chi connectivity index (χ1n) is 9.38. The van der Waals surface area contributed by atoms with Gasteiger partial charge in [-0.3, -0.25) is 4.79 Å². The molecule has 27 heavy (non-hydrogen) atoms. The molecule has 0 saturated carbocycles. The molecular weight excluding hydrogens is 457 g/mol. The molecule has 0 radical (unpaired) electrons. The number of benzene rings is 1. The summed E-state index contributed by atoms with van der Waals surface area (Å²) < 4.78 is 10.8. The van der Waals surface area contributed by atoms with Crippen LogP contribution >= 0.6 is 24.0 Å². The summed E-state index contributed by atoms with van der Waals surface area (Å²) in [4.78, 5) is 18.6. The van der Waals surface area contributed by atoms with Gasteiger partial charge >= 0.3 is 5.97 Å². The quantitative estimate of drug-likeness (QED) is 0.288. The van der Waals surface area contributed by atoms with Gasteiger partial charge in [0.05, 0.1) is 19.6 Å². The lowest BCUT2D eigenvalue weighted by atomic mass is 9.97. The largest absolute Gasteiger partial charge is 0.489 e. The number of halogens is 1. The van der Waals surface area contributed by atoms with Crippen LogP contribution in [-0.4, -0.2) is 56.2 Å². The minimum Gasteiger partial charge on any atom is -0.489 e. The van der Waals surface area contributed by atoms with Gasteiger partial charge in [-0.05, 0) is 45.7 Å². The van der Waals surface area contributed by atoms with E-state index in [9.17, 15) is 4.79 Å². The van der Waals surface area contributed by atoms with Gasteiger partial charge < -0.3 is 19.7 Å². The van der Waals surface area contributed by atoms with Crippen molar-refractivity contribution >= 4 is 35.9 Å². The molecule has 1 aromatic rings. The van der Waals surface area contributed by atoms with E-state index >= 15 is 0 Å². The van der Waals surface area contributed by atoms with Crippen LogP contribution in [0.1, 0.15) is 32.3 Å². The van der Waals surface area contributed by atoms with Gasteiger partial charge in [0.1, 0.15) is 11.9 Å². The Bertz CT molecular complexity index is 599. The van der Waals surface area contributed by atoms with Gasteiger partial charge in [-0.15, -0.1) is 24.0 Å². The lowest BCUT2D eigenvalue weighted by molar-refractivity contribution is -0.146. The molecule has 1 saturated heterocycles. The fraction of sp³-hybridized carbons (Fsp3) is 0.600. The molecule has 1 atom stereocenters. The number of likely N-dealkylation sites (tertiary alicyclic amines) is 1. The van der Waals surface area contributed by atoms with Gasteiger partial charge in [-0.1, -0.05) is 17.7 Å². The summed E-state index contributed by atoms with van der Waals surface area (Å²) in [5, 5.41) is 3.34. The summed E-state index contributed by atoms with van der Waals surface area (Å²) in [6.07, 6.45) is 1.58. The molecule has 1 fully saturated rings. The van der Waals surface area contributed by atoms with Crippen molar-refractivity contribution in [3.05, 3.63) is 29.8 Å². The molecule has 0 spiro atoms. The molecule has 1 aliphatic heterocycles. The number of nitrogens with zero attached hydrogens (tertiary/aromatic N) is 2. The number of aliphatic imine (C=N–C) groups is 1. The molecule has 1 aliphatic rings. The smallest absolute Gasteiger partial charge is 0.308 e. The zero-order chi connectivity index (χ0) is 18.9. The Morgan fingerprint density at radius 3 is 2.48 bits per heavy atom. The summed E-state index contributed by atoms with van der Waals surface area (Å²) in [7, 11) is 1.45. The molecule has 7 heteroatoms. The number of aryl methyl sites for hydroxylation is 1. The van der Waals surface area contributed by atoms with Gasteiger partial charge in [-0.2, -0.15) is 0 Å². The zero-order valence-electron chi connectivity index (χ0n) is 16.7. The first kappa shape index (κ1) is 23.5. The molecule has 0 bridgehead atoms. The van der Waals surface area contributed by atoms with Crippen LogP contribution in [0.3, 0.4) is 0 Å². The maximum Gasteiger partial charge on any atom is 0.308 e. The Balaban J connectivity index is 0.00000364. The van der Waals surface area contributed by atoms with E-state index in [1.54, 1.807) is 0 Å². The van der Waals surface area contributed by atoms with Crippen molar-refractivity contribution in [2.24, 2.45) is 10.9 Å². The first-order valence-corrected chi connectivity index (χ1v) is 9.38. The number of methoxy groups -OCH3 is 1. The number of hydrogen-bond acceptors (Lipinski definition) is 4. The molecule has 152 valence electrons. The average Bonchev–Trinajstić information content (AvgIpc) is 2.66. The number of ether oxygens (including phenoxy) is 2. The van der Waals surface area contributed by atoms with Crippen LogP contribution in [0.5, 0.6) is 5.75 Å². The van der Waals surface area contributed by atoms with E-state index in [1.165, 1.54) is 12.7 Å². The molecule has 1 aromatic carbocycles. The van der Waals surface area contributed by atoms with Gasteiger partial charge in [0.25, 0.3) is 0 Å². The highest BCUT2D eigenvalue weighted by atomic mass is 127. The summed E-state index contributed by atoms with van der Waals surface area (Å²) >= 11 is 0. The summed E-state index contributed by atoms with van der Waals surface area (Å²) in [5.74, 6) is 1.65. The van der Waals surface area contributed by atoms with Crippen LogP contribution in [0.25, 0.3) is 0 Å². The maximum absolute atomic E-state index is 11.7. The van der Waals surface area contributed by atoms with E-state index < -0.39 is 0 Å². The zero-order valence-corrected chi connectivity index (χ0v) is 19.1. The van der Waals surface area contributed by atoms with Crippen LogP contribution < -0.4 is 10.1 Å². The average molecular weight is 489 g/mol. The van der Waals surface area contributed by atoms with Crippen LogP contribution in [0.4, 0.5) is 0 Å². The first-order chi connectivity index (χ1) is 12.5. The number of esters is 1. The predicted octanol–water partition coefficient (Wildman–Crippen LogP) is 3.23. The number of carbonyl (C=O) groups is 1.